The fraction of sp³-hybridized carbons (Fsp3) is 0.385. The molecule has 2 aromatic rings. The van der Waals surface area contributed by atoms with Gasteiger partial charge < -0.3 is 9.55 Å². The van der Waals surface area contributed by atoms with Gasteiger partial charge in [-0.05, 0) is 44.0 Å². The second-order valence-corrected chi connectivity index (χ2v) is 4.87. The van der Waals surface area contributed by atoms with Gasteiger partial charge in [0.25, 0.3) is 0 Å². The number of fused-ring (bicyclic) bond motifs is 1. The number of aromatic nitrogens is 3. The standard InChI is InChI=1S/C13H15N3S/c17-13-15-11-9-14-7-5-12(11)16(13)8-6-10-3-1-2-4-10/h3,5,7,9H,1-2,4,6,8H2,(H,15,17). The molecule has 0 saturated heterocycles. The highest BCUT2D eigenvalue weighted by molar-refractivity contribution is 7.71. The van der Waals surface area contributed by atoms with E-state index in [0.29, 0.717) is 0 Å². The number of nitrogens with zero attached hydrogens (tertiary/aromatic N) is 2. The van der Waals surface area contributed by atoms with Crippen LogP contribution in [0.5, 0.6) is 0 Å². The number of rotatable bonds is 3. The van der Waals surface area contributed by atoms with Crippen LogP contribution in [-0.4, -0.2) is 14.5 Å². The zero-order chi connectivity index (χ0) is 11.7. The summed E-state index contributed by atoms with van der Waals surface area (Å²) in [5.74, 6) is 0. The number of pyridine rings is 1. The first-order valence-corrected chi connectivity index (χ1v) is 6.46. The SMILES string of the molecule is S=c1[nH]c2cnccc2n1CCC1=CCCC1. The van der Waals surface area contributed by atoms with Crippen LogP contribution >= 0.6 is 12.2 Å². The third-order valence-electron chi connectivity index (χ3n) is 3.37. The van der Waals surface area contributed by atoms with Crippen LogP contribution < -0.4 is 0 Å². The highest BCUT2D eigenvalue weighted by Gasteiger charge is 2.07. The van der Waals surface area contributed by atoms with Crippen LogP contribution in [0.4, 0.5) is 0 Å². The summed E-state index contributed by atoms with van der Waals surface area (Å²) in [4.78, 5) is 7.30. The lowest BCUT2D eigenvalue weighted by atomic mass is 10.2. The van der Waals surface area contributed by atoms with Crippen molar-refractivity contribution in [3.05, 3.63) is 34.9 Å². The van der Waals surface area contributed by atoms with E-state index in [9.17, 15) is 0 Å². The second-order valence-electron chi connectivity index (χ2n) is 4.48. The molecule has 0 bridgehead atoms. The van der Waals surface area contributed by atoms with Crippen molar-refractivity contribution < 1.29 is 0 Å². The monoisotopic (exact) mass is 245 g/mol. The third kappa shape index (κ3) is 2.05. The number of aryl methyl sites for hydroxylation is 1. The summed E-state index contributed by atoms with van der Waals surface area (Å²) >= 11 is 5.35. The average Bonchev–Trinajstić information content (AvgIpc) is 2.93. The van der Waals surface area contributed by atoms with Crippen molar-refractivity contribution in [3.8, 4) is 0 Å². The van der Waals surface area contributed by atoms with E-state index in [4.69, 9.17) is 12.2 Å². The Balaban J connectivity index is 1.89. The lowest BCUT2D eigenvalue weighted by Gasteiger charge is -2.05. The van der Waals surface area contributed by atoms with Crippen molar-refractivity contribution in [1.82, 2.24) is 14.5 Å². The predicted molar refractivity (Wildman–Crippen MR) is 71.5 cm³/mol. The number of H-pyrrole nitrogens is 1. The quantitative estimate of drug-likeness (QED) is 0.662. The number of imidazole rings is 1. The first-order valence-electron chi connectivity index (χ1n) is 6.05. The highest BCUT2D eigenvalue weighted by Crippen LogP contribution is 2.22. The zero-order valence-electron chi connectivity index (χ0n) is 9.65. The van der Waals surface area contributed by atoms with Gasteiger partial charge in [-0.2, -0.15) is 0 Å². The summed E-state index contributed by atoms with van der Waals surface area (Å²) in [7, 11) is 0. The minimum Gasteiger partial charge on any atom is -0.329 e. The van der Waals surface area contributed by atoms with Crippen LogP contribution in [0.1, 0.15) is 25.7 Å². The van der Waals surface area contributed by atoms with Gasteiger partial charge in [0.05, 0.1) is 17.2 Å². The Morgan fingerprint density at radius 1 is 1.47 bits per heavy atom. The molecule has 17 heavy (non-hydrogen) atoms. The van der Waals surface area contributed by atoms with Crippen molar-refractivity contribution in [2.45, 2.75) is 32.2 Å². The van der Waals surface area contributed by atoms with Crippen LogP contribution in [0.25, 0.3) is 11.0 Å². The Morgan fingerprint density at radius 2 is 2.41 bits per heavy atom. The molecular formula is C13H15N3S. The lowest BCUT2D eigenvalue weighted by Crippen LogP contribution is -1.98. The van der Waals surface area contributed by atoms with Crippen LogP contribution in [0.3, 0.4) is 0 Å². The number of hydrogen-bond acceptors (Lipinski definition) is 2. The van der Waals surface area contributed by atoms with Gasteiger partial charge >= 0.3 is 0 Å². The minimum atomic E-state index is 0.798. The molecule has 1 N–H and O–H groups in total. The van der Waals surface area contributed by atoms with Crippen LogP contribution in [0.15, 0.2) is 30.1 Å². The van der Waals surface area contributed by atoms with Crippen LogP contribution in [0, 0.1) is 4.77 Å². The van der Waals surface area contributed by atoms with Crippen molar-refractivity contribution >= 4 is 23.3 Å². The largest absolute Gasteiger partial charge is 0.329 e. The maximum absolute atomic E-state index is 5.35. The number of allylic oxidation sites excluding steroid dienone is 2. The van der Waals surface area contributed by atoms with Gasteiger partial charge in [0, 0.05) is 12.7 Å². The zero-order valence-corrected chi connectivity index (χ0v) is 10.5. The van der Waals surface area contributed by atoms with Crippen molar-refractivity contribution in [2.75, 3.05) is 0 Å². The molecule has 1 aliphatic rings. The summed E-state index contributed by atoms with van der Waals surface area (Å²) in [6, 6.07) is 2.02. The highest BCUT2D eigenvalue weighted by atomic mass is 32.1. The molecule has 0 atom stereocenters. The molecule has 3 rings (SSSR count). The molecule has 0 aliphatic heterocycles. The summed E-state index contributed by atoms with van der Waals surface area (Å²) in [6.07, 6.45) is 11.0. The molecule has 2 aromatic heterocycles. The van der Waals surface area contributed by atoms with E-state index in [1.165, 1.54) is 19.3 Å². The molecule has 0 amide bonds. The molecule has 0 aromatic carbocycles. The van der Waals surface area contributed by atoms with Crippen molar-refractivity contribution in [2.24, 2.45) is 0 Å². The van der Waals surface area contributed by atoms with Crippen LogP contribution in [0.2, 0.25) is 0 Å². The Hall–Kier alpha value is -1.42. The predicted octanol–water partition coefficient (Wildman–Crippen LogP) is 3.59. The van der Waals surface area contributed by atoms with E-state index >= 15 is 0 Å². The molecule has 0 spiro atoms. The Morgan fingerprint density at radius 3 is 3.24 bits per heavy atom. The minimum absolute atomic E-state index is 0.798. The number of hydrogen-bond donors (Lipinski definition) is 1. The smallest absolute Gasteiger partial charge is 0.178 e. The van der Waals surface area contributed by atoms with Gasteiger partial charge in [0.1, 0.15) is 0 Å². The van der Waals surface area contributed by atoms with Gasteiger partial charge in [-0.1, -0.05) is 11.6 Å². The van der Waals surface area contributed by atoms with E-state index in [2.05, 4.69) is 20.6 Å². The second kappa shape index (κ2) is 4.45. The average molecular weight is 245 g/mol. The van der Waals surface area contributed by atoms with Gasteiger partial charge in [0.2, 0.25) is 0 Å². The summed E-state index contributed by atoms with van der Waals surface area (Å²) in [6.45, 7) is 0.967. The Kier molecular flexibility index (Phi) is 2.81. The molecule has 3 nitrogen and oxygen atoms in total. The molecule has 0 radical (unpaired) electrons. The molecule has 0 unspecified atom stereocenters. The molecule has 4 heteroatoms. The van der Waals surface area contributed by atoms with Gasteiger partial charge in [-0.25, -0.2) is 0 Å². The van der Waals surface area contributed by atoms with Gasteiger partial charge in [-0.3, -0.25) is 4.98 Å². The molecule has 1 aliphatic carbocycles. The van der Waals surface area contributed by atoms with E-state index in [1.807, 2.05) is 18.5 Å². The number of nitrogens with one attached hydrogen (secondary N) is 1. The molecular weight excluding hydrogens is 230 g/mol. The maximum Gasteiger partial charge on any atom is 0.178 e. The normalized spacial score (nSPS) is 15.4. The summed E-state index contributed by atoms with van der Waals surface area (Å²) in [5.41, 5.74) is 3.76. The fourth-order valence-electron chi connectivity index (χ4n) is 2.45. The van der Waals surface area contributed by atoms with E-state index in [-0.39, 0.29) is 0 Å². The Labute approximate surface area is 105 Å². The Bertz CT molecular complexity index is 621. The molecule has 2 heterocycles. The van der Waals surface area contributed by atoms with Crippen LogP contribution in [-0.2, 0) is 6.54 Å². The first-order chi connectivity index (χ1) is 8.34. The summed E-state index contributed by atoms with van der Waals surface area (Å²) in [5, 5.41) is 0. The van der Waals surface area contributed by atoms with Gasteiger partial charge in [0.15, 0.2) is 4.77 Å². The molecule has 0 saturated carbocycles. The number of aromatic amines is 1. The van der Waals surface area contributed by atoms with Gasteiger partial charge in [-0.15, -0.1) is 0 Å². The van der Waals surface area contributed by atoms with E-state index in [0.717, 1.165) is 28.8 Å². The lowest BCUT2D eigenvalue weighted by molar-refractivity contribution is 0.688. The van der Waals surface area contributed by atoms with Crippen molar-refractivity contribution in [1.29, 1.82) is 0 Å². The molecule has 0 fully saturated rings. The van der Waals surface area contributed by atoms with E-state index in [1.54, 1.807) is 5.57 Å². The van der Waals surface area contributed by atoms with Crippen molar-refractivity contribution in [3.63, 3.8) is 0 Å². The summed E-state index contributed by atoms with van der Waals surface area (Å²) < 4.78 is 2.97. The third-order valence-corrected chi connectivity index (χ3v) is 3.69. The van der Waals surface area contributed by atoms with E-state index < -0.39 is 0 Å². The fourth-order valence-corrected chi connectivity index (χ4v) is 2.75. The maximum atomic E-state index is 5.35. The topological polar surface area (TPSA) is 33.6 Å². The molecule has 88 valence electrons. The first kappa shape index (κ1) is 10.7.